The zero-order valence-electron chi connectivity index (χ0n) is 7.88. The predicted octanol–water partition coefficient (Wildman–Crippen LogP) is 2.61. The van der Waals surface area contributed by atoms with E-state index < -0.39 is 0 Å². The van der Waals surface area contributed by atoms with Gasteiger partial charge in [0.25, 0.3) is 0 Å². The second kappa shape index (κ2) is 3.71. The lowest BCUT2D eigenvalue weighted by Crippen LogP contribution is -1.95. The van der Waals surface area contributed by atoms with E-state index in [9.17, 15) is 0 Å². The zero-order chi connectivity index (χ0) is 10.1. The largest absolute Gasteiger partial charge is 0.438 e. The van der Waals surface area contributed by atoms with Gasteiger partial charge in [0.05, 0.1) is 11.0 Å². The second-order valence-corrected chi connectivity index (χ2v) is 3.95. The monoisotopic (exact) mass is 254 g/mol. The van der Waals surface area contributed by atoms with Gasteiger partial charge in [0, 0.05) is 0 Å². The van der Waals surface area contributed by atoms with Crippen LogP contribution in [0.15, 0.2) is 21.0 Å². The standard InChI is InChI=1S/C10H11BrN2O/c1-2-6-3-7(11)10-8(4-6)13-9(5-12)14-10/h3-4H,2,5,12H2,1H3. The molecule has 0 aliphatic rings. The summed E-state index contributed by atoms with van der Waals surface area (Å²) < 4.78 is 6.41. The molecule has 0 unspecified atom stereocenters. The minimum absolute atomic E-state index is 0.336. The number of oxazole rings is 1. The summed E-state index contributed by atoms with van der Waals surface area (Å²) in [6.07, 6.45) is 0.985. The first-order valence-corrected chi connectivity index (χ1v) is 5.31. The summed E-state index contributed by atoms with van der Waals surface area (Å²) in [4.78, 5) is 4.28. The molecule has 1 heterocycles. The molecule has 1 aromatic heterocycles. The van der Waals surface area contributed by atoms with Crippen LogP contribution in [0.1, 0.15) is 18.4 Å². The molecule has 0 amide bonds. The van der Waals surface area contributed by atoms with E-state index >= 15 is 0 Å². The van der Waals surface area contributed by atoms with Crippen molar-refractivity contribution >= 4 is 27.0 Å². The Morgan fingerprint density at radius 1 is 1.50 bits per heavy atom. The van der Waals surface area contributed by atoms with Crippen LogP contribution in [0.5, 0.6) is 0 Å². The third kappa shape index (κ3) is 1.55. The van der Waals surface area contributed by atoms with Crippen LogP contribution in [-0.4, -0.2) is 4.98 Å². The van der Waals surface area contributed by atoms with Crippen molar-refractivity contribution < 1.29 is 4.42 Å². The number of nitrogens with zero attached hydrogens (tertiary/aromatic N) is 1. The molecule has 1 aromatic carbocycles. The van der Waals surface area contributed by atoms with Crippen LogP contribution < -0.4 is 5.73 Å². The number of halogens is 1. The maximum atomic E-state index is 5.46. The van der Waals surface area contributed by atoms with E-state index in [2.05, 4.69) is 27.8 Å². The second-order valence-electron chi connectivity index (χ2n) is 3.09. The number of aryl methyl sites for hydroxylation is 1. The van der Waals surface area contributed by atoms with Gasteiger partial charge < -0.3 is 10.2 Å². The highest BCUT2D eigenvalue weighted by atomic mass is 79.9. The highest BCUT2D eigenvalue weighted by Crippen LogP contribution is 2.26. The van der Waals surface area contributed by atoms with Crippen molar-refractivity contribution in [1.29, 1.82) is 0 Å². The molecule has 4 heteroatoms. The van der Waals surface area contributed by atoms with E-state index in [1.807, 2.05) is 12.1 Å². The Morgan fingerprint density at radius 2 is 2.29 bits per heavy atom. The normalized spacial score (nSPS) is 11.1. The van der Waals surface area contributed by atoms with Gasteiger partial charge in [-0.05, 0) is 40.0 Å². The maximum absolute atomic E-state index is 5.46. The molecule has 0 aliphatic carbocycles. The molecule has 2 aromatic rings. The highest BCUT2D eigenvalue weighted by Gasteiger charge is 2.08. The first kappa shape index (κ1) is 9.68. The Hall–Kier alpha value is -0.870. The van der Waals surface area contributed by atoms with Crippen LogP contribution in [0.4, 0.5) is 0 Å². The van der Waals surface area contributed by atoms with E-state index in [1.165, 1.54) is 5.56 Å². The molecule has 0 saturated carbocycles. The van der Waals surface area contributed by atoms with Crippen LogP contribution in [0.3, 0.4) is 0 Å². The lowest BCUT2D eigenvalue weighted by atomic mass is 10.1. The summed E-state index contributed by atoms with van der Waals surface area (Å²) in [5.41, 5.74) is 8.35. The van der Waals surface area contributed by atoms with Gasteiger partial charge in [-0.25, -0.2) is 4.98 Å². The van der Waals surface area contributed by atoms with Crippen molar-refractivity contribution in [2.24, 2.45) is 5.73 Å². The van der Waals surface area contributed by atoms with Crippen molar-refractivity contribution in [3.63, 3.8) is 0 Å². The number of benzene rings is 1. The van der Waals surface area contributed by atoms with Crippen molar-refractivity contribution in [3.8, 4) is 0 Å². The molecule has 2 rings (SSSR count). The molecule has 0 bridgehead atoms. The van der Waals surface area contributed by atoms with Crippen molar-refractivity contribution in [1.82, 2.24) is 4.98 Å². The molecule has 74 valence electrons. The molecule has 0 spiro atoms. The van der Waals surface area contributed by atoms with Crippen LogP contribution in [0.25, 0.3) is 11.1 Å². The van der Waals surface area contributed by atoms with E-state index in [4.69, 9.17) is 10.2 Å². The summed E-state index contributed by atoms with van der Waals surface area (Å²) in [6.45, 7) is 2.44. The number of fused-ring (bicyclic) bond motifs is 1. The third-order valence-corrected chi connectivity index (χ3v) is 2.72. The molecule has 2 N–H and O–H groups in total. The number of hydrogen-bond acceptors (Lipinski definition) is 3. The Bertz CT molecular complexity index is 464. The zero-order valence-corrected chi connectivity index (χ0v) is 9.47. The fourth-order valence-electron chi connectivity index (χ4n) is 1.38. The molecular weight excluding hydrogens is 244 g/mol. The number of aromatic nitrogens is 1. The summed E-state index contributed by atoms with van der Waals surface area (Å²) in [6, 6.07) is 4.08. The molecular formula is C10H11BrN2O. The highest BCUT2D eigenvalue weighted by molar-refractivity contribution is 9.10. The van der Waals surface area contributed by atoms with Gasteiger partial charge in [-0.15, -0.1) is 0 Å². The number of nitrogens with two attached hydrogens (primary N) is 1. The molecule has 0 fully saturated rings. The molecule has 0 radical (unpaired) electrons. The third-order valence-electron chi connectivity index (χ3n) is 2.13. The smallest absolute Gasteiger partial charge is 0.209 e. The summed E-state index contributed by atoms with van der Waals surface area (Å²) in [7, 11) is 0. The topological polar surface area (TPSA) is 52.0 Å². The van der Waals surface area contributed by atoms with E-state index in [0.29, 0.717) is 12.4 Å². The van der Waals surface area contributed by atoms with Crippen molar-refractivity contribution in [2.45, 2.75) is 19.9 Å². The maximum Gasteiger partial charge on any atom is 0.209 e. The molecule has 0 saturated heterocycles. The Balaban J connectivity index is 2.67. The van der Waals surface area contributed by atoms with Crippen LogP contribution in [-0.2, 0) is 13.0 Å². The average Bonchev–Trinajstić information content (AvgIpc) is 2.61. The van der Waals surface area contributed by atoms with Crippen LogP contribution in [0, 0.1) is 0 Å². The lowest BCUT2D eigenvalue weighted by molar-refractivity contribution is 0.532. The first-order valence-electron chi connectivity index (χ1n) is 4.52. The van der Waals surface area contributed by atoms with Gasteiger partial charge in [-0.1, -0.05) is 6.92 Å². The molecule has 14 heavy (non-hydrogen) atoms. The average molecular weight is 255 g/mol. The Kier molecular flexibility index (Phi) is 2.56. The summed E-state index contributed by atoms with van der Waals surface area (Å²) in [5.74, 6) is 0.578. The van der Waals surface area contributed by atoms with Crippen LogP contribution >= 0.6 is 15.9 Å². The van der Waals surface area contributed by atoms with Gasteiger partial charge in [-0.3, -0.25) is 0 Å². The van der Waals surface area contributed by atoms with Gasteiger partial charge >= 0.3 is 0 Å². The van der Waals surface area contributed by atoms with Gasteiger partial charge in [0.1, 0.15) is 5.52 Å². The van der Waals surface area contributed by atoms with Gasteiger partial charge in [0.15, 0.2) is 5.58 Å². The van der Waals surface area contributed by atoms with E-state index in [-0.39, 0.29) is 0 Å². The number of rotatable bonds is 2. The van der Waals surface area contributed by atoms with Gasteiger partial charge in [0.2, 0.25) is 5.89 Å². The molecule has 0 aliphatic heterocycles. The molecule has 0 atom stereocenters. The number of hydrogen-bond donors (Lipinski definition) is 1. The quantitative estimate of drug-likeness (QED) is 0.897. The fraction of sp³-hybridized carbons (Fsp3) is 0.300. The fourth-order valence-corrected chi connectivity index (χ4v) is 1.96. The minimum atomic E-state index is 0.336. The van der Waals surface area contributed by atoms with Crippen molar-refractivity contribution in [3.05, 3.63) is 28.1 Å². The lowest BCUT2D eigenvalue weighted by Gasteiger charge is -1.96. The molecule has 3 nitrogen and oxygen atoms in total. The van der Waals surface area contributed by atoms with E-state index in [1.54, 1.807) is 0 Å². The van der Waals surface area contributed by atoms with E-state index in [0.717, 1.165) is 22.0 Å². The Morgan fingerprint density at radius 3 is 2.93 bits per heavy atom. The summed E-state index contributed by atoms with van der Waals surface area (Å²) in [5, 5.41) is 0. The predicted molar refractivity (Wildman–Crippen MR) is 59.0 cm³/mol. The summed E-state index contributed by atoms with van der Waals surface area (Å²) >= 11 is 3.46. The first-order chi connectivity index (χ1) is 6.74. The SMILES string of the molecule is CCc1cc(Br)c2oc(CN)nc2c1. The van der Waals surface area contributed by atoms with Gasteiger partial charge in [-0.2, -0.15) is 0 Å². The minimum Gasteiger partial charge on any atom is -0.438 e. The van der Waals surface area contributed by atoms with Crippen LogP contribution in [0.2, 0.25) is 0 Å². The Labute approximate surface area is 90.4 Å². The van der Waals surface area contributed by atoms with Crippen molar-refractivity contribution in [2.75, 3.05) is 0 Å².